The van der Waals surface area contributed by atoms with Crippen LogP contribution in [-0.2, 0) is 95.9 Å². The van der Waals surface area contributed by atoms with Gasteiger partial charge in [-0.3, -0.25) is 58.8 Å². The van der Waals surface area contributed by atoms with Crippen LogP contribution in [0.15, 0.2) is 97.1 Å². The first-order chi connectivity index (χ1) is 57.6. The van der Waals surface area contributed by atoms with Gasteiger partial charge in [0.25, 0.3) is 23.6 Å². The highest BCUT2D eigenvalue weighted by Crippen LogP contribution is 2.45. The third-order valence-corrected chi connectivity index (χ3v) is 24.3. The molecule has 0 atom stereocenters. The molecule has 0 radical (unpaired) electrons. The van der Waals surface area contributed by atoms with Gasteiger partial charge in [-0.2, -0.15) is 73.1 Å². The Bertz CT molecular complexity index is 5110. The van der Waals surface area contributed by atoms with Crippen molar-refractivity contribution in [1.29, 1.82) is 0 Å². The number of nitrogens with one attached hydrogen (secondary N) is 4. The molecule has 121 heavy (non-hydrogen) atoms. The van der Waals surface area contributed by atoms with Gasteiger partial charge in [0.15, 0.2) is 22.8 Å². The second-order valence-corrected chi connectivity index (χ2v) is 31.6. The molecule has 25 nitrogen and oxygen atoms in total. The summed E-state index contributed by atoms with van der Waals surface area (Å²) in [6.45, 7) is 10.8. The number of benzene rings is 4. The molecular weight excluding hydrogens is 1600 g/mol. The number of amides is 8. The van der Waals surface area contributed by atoms with E-state index in [1.165, 1.54) is 69.3 Å². The van der Waals surface area contributed by atoms with E-state index in [2.05, 4.69) is 40.8 Å². The molecule has 4 fully saturated rings. The molecule has 37 heteroatoms. The van der Waals surface area contributed by atoms with E-state index in [9.17, 15) is 91.0 Å². The summed E-state index contributed by atoms with van der Waals surface area (Å²) in [6.07, 6.45) is -11.3. The molecule has 4 aromatic carbocycles. The zero-order valence-corrected chi connectivity index (χ0v) is 66.8. The van der Waals surface area contributed by atoms with E-state index < -0.39 is 47.0 Å². The zero-order valence-electron chi connectivity index (χ0n) is 66.8. The van der Waals surface area contributed by atoms with Gasteiger partial charge < -0.3 is 44.9 Å². The number of carbonyl (C=O) groups is 8. The lowest BCUT2D eigenvalue weighted by molar-refractivity contribution is -0.139. The summed E-state index contributed by atoms with van der Waals surface area (Å²) in [7, 11) is 0. The summed E-state index contributed by atoms with van der Waals surface area (Å²) < 4.78 is 160. The maximum Gasteiger partial charge on any atom is 0.416 e. The maximum atomic E-state index is 13.4. The molecule has 0 bridgehead atoms. The van der Waals surface area contributed by atoms with Gasteiger partial charge in [-0.1, -0.05) is 72.8 Å². The molecule has 8 aliphatic rings. The van der Waals surface area contributed by atoms with Gasteiger partial charge in [0.2, 0.25) is 23.6 Å². The monoisotopic (exact) mass is 1700 g/mol. The number of rotatable bonds is 9. The fourth-order valence-corrected chi connectivity index (χ4v) is 17.7. The minimum atomic E-state index is -4.40. The number of aromatic nitrogens is 8. The number of alkyl halides is 12. The van der Waals surface area contributed by atoms with Gasteiger partial charge >= 0.3 is 24.7 Å². The number of likely N-dealkylation sites (tertiary alicyclic amines) is 4. The second kappa shape index (κ2) is 36.5. The highest BCUT2D eigenvalue weighted by atomic mass is 19.4. The quantitative estimate of drug-likeness (QED) is 0.0841. The average Bonchev–Trinajstić information content (AvgIpc) is 1.76. The van der Waals surface area contributed by atoms with E-state index >= 15 is 0 Å². The summed E-state index contributed by atoms with van der Waals surface area (Å²) in [5.41, 5.74) is 11.8. The largest absolute Gasteiger partial charge is 0.416 e. The SMILES string of the molecule is CC(=O)N1CCc2[nH]nc(C(=O)N3CCC(c4ccccc4C(F)(F)F)CC3)c2C1.CC(=O)N1CCc2c(C(=O)N3CCC(c4ccccc4C(F)(F)F)CC3)n[nH]c2C1.CC(=O)N1Cc2[nH]nc(C(=O)N3CCC(c4ccccc4C(F)(F)F)CC3)c2C1.NCC(=O)N1CCCc2[nH]nc(C(=O)N3CCC(c4ccccc4C(F)(F)F)CC3)c2C1. The fourth-order valence-electron chi connectivity index (χ4n) is 17.7. The van der Waals surface area contributed by atoms with Crippen LogP contribution < -0.4 is 5.73 Å². The first kappa shape index (κ1) is 87.4. The number of piperidine rings is 4. The second-order valence-electron chi connectivity index (χ2n) is 31.6. The topological polar surface area (TPSA) is 303 Å². The summed E-state index contributed by atoms with van der Waals surface area (Å²) in [4.78, 5) is 112. The van der Waals surface area contributed by atoms with E-state index in [1.807, 2.05) is 0 Å². The lowest BCUT2D eigenvalue weighted by atomic mass is 9.86. The number of nitrogens with two attached hydrogens (primary N) is 1. The first-order valence-electron chi connectivity index (χ1n) is 40.4. The third kappa shape index (κ3) is 19.7. The lowest BCUT2D eigenvalue weighted by Gasteiger charge is -2.33. The van der Waals surface area contributed by atoms with Crippen LogP contribution in [0.5, 0.6) is 0 Å². The Morgan fingerprint density at radius 2 is 0.587 bits per heavy atom. The molecule has 8 aliphatic heterocycles. The molecule has 4 saturated heterocycles. The predicted molar refractivity (Wildman–Crippen MR) is 414 cm³/mol. The number of aryl methyl sites for hydroxylation is 1. The van der Waals surface area contributed by atoms with Crippen molar-refractivity contribution in [2.24, 2.45) is 5.73 Å². The Morgan fingerprint density at radius 1 is 0.322 bits per heavy atom. The van der Waals surface area contributed by atoms with Crippen molar-refractivity contribution in [3.63, 3.8) is 0 Å². The molecule has 6 N–H and O–H groups in total. The average molecular weight is 1700 g/mol. The van der Waals surface area contributed by atoms with E-state index in [0.717, 1.165) is 70.2 Å². The van der Waals surface area contributed by atoms with Gasteiger partial charge in [-0.15, -0.1) is 0 Å². The Kier molecular flexibility index (Phi) is 26.4. The van der Waals surface area contributed by atoms with Gasteiger partial charge in [0, 0.05) is 146 Å². The predicted octanol–water partition coefficient (Wildman–Crippen LogP) is 12.7. The van der Waals surface area contributed by atoms with E-state index in [-0.39, 0.29) is 95.3 Å². The van der Waals surface area contributed by atoms with Crippen molar-refractivity contribution in [3.8, 4) is 0 Å². The van der Waals surface area contributed by atoms with Crippen LogP contribution in [0.1, 0.15) is 234 Å². The number of carbonyl (C=O) groups excluding carboxylic acids is 8. The molecule has 0 unspecified atom stereocenters. The van der Waals surface area contributed by atoms with Crippen molar-refractivity contribution in [3.05, 3.63) is 209 Å². The third-order valence-electron chi connectivity index (χ3n) is 24.3. The van der Waals surface area contributed by atoms with Crippen molar-refractivity contribution >= 4 is 47.3 Å². The summed E-state index contributed by atoms with van der Waals surface area (Å²) in [5.74, 6) is -2.24. The highest BCUT2D eigenvalue weighted by Gasteiger charge is 2.43. The van der Waals surface area contributed by atoms with E-state index in [0.29, 0.717) is 208 Å². The molecule has 8 amide bonds. The Hall–Kier alpha value is -11.4. The smallest absolute Gasteiger partial charge is 0.338 e. The van der Waals surface area contributed by atoms with Crippen LogP contribution in [0.3, 0.4) is 0 Å². The zero-order chi connectivity index (χ0) is 86.6. The Morgan fingerprint density at radius 3 is 0.917 bits per heavy atom. The molecule has 12 heterocycles. The van der Waals surface area contributed by atoms with E-state index in [4.69, 9.17) is 5.73 Å². The normalized spacial score (nSPS) is 17.7. The number of aromatic amines is 4. The number of halogens is 12. The minimum absolute atomic E-state index is 0.0238. The minimum Gasteiger partial charge on any atom is -0.338 e. The molecule has 8 aromatic rings. The molecule has 0 aliphatic carbocycles. The summed E-state index contributed by atoms with van der Waals surface area (Å²) >= 11 is 0. The standard InChI is InChI=1S/C22H26F3N5O2.2C21H23F3N4O2.C20H21F3N4O2/c23-22(24,25)17-5-2-1-4-15(17)14-7-10-29(11-8-14)21(32)20-16-13-30(19(31)12-26)9-3-6-18(16)27-28-20;1-13(29)28-11-8-18-16(12-28)19(26-25-18)20(30)27-9-6-14(7-10-27)15-4-2-3-5-17(15)21(22,23)24;1-13(29)28-11-8-16-18(12-28)25-26-19(16)20(30)27-9-6-14(7-10-27)15-4-2-3-5-17(15)21(22,23)24;1-12(28)27-10-15-17(11-27)24-25-18(15)19(29)26-8-6-13(7-9-26)14-4-2-3-5-16(14)20(21,22)23/h1-2,4-5,14H,3,6-13,26H2,(H,27,28);2*2-5,14H,6-12H2,1H3,(H,25,26);2-5,13H,6-11H2,1H3,(H,24,25). The summed E-state index contributed by atoms with van der Waals surface area (Å²) in [5, 5.41) is 28.3. The van der Waals surface area contributed by atoms with Crippen LogP contribution in [-0.4, -0.2) is 206 Å². The molecule has 646 valence electrons. The molecule has 0 spiro atoms. The van der Waals surface area contributed by atoms with Crippen LogP contribution in [0, 0.1) is 0 Å². The molecular formula is C84H93F12N17O8. The van der Waals surface area contributed by atoms with Crippen LogP contribution in [0.4, 0.5) is 52.7 Å². The van der Waals surface area contributed by atoms with E-state index in [1.54, 1.807) is 63.5 Å². The number of fused-ring (bicyclic) bond motifs is 4. The first-order valence-corrected chi connectivity index (χ1v) is 40.4. The number of H-pyrrole nitrogens is 4. The summed E-state index contributed by atoms with van der Waals surface area (Å²) in [6, 6.07) is 22.7. The molecule has 4 aromatic heterocycles. The van der Waals surface area contributed by atoms with Crippen molar-refractivity contribution in [2.45, 2.75) is 179 Å². The Balaban J connectivity index is 0.000000139. The number of hydrogen-bond donors (Lipinski definition) is 5. The van der Waals surface area contributed by atoms with Gasteiger partial charge in [0.05, 0.1) is 59.8 Å². The van der Waals surface area contributed by atoms with Crippen molar-refractivity contribution in [2.75, 3.05) is 78.5 Å². The van der Waals surface area contributed by atoms with Gasteiger partial charge in [-0.25, -0.2) is 0 Å². The van der Waals surface area contributed by atoms with Crippen molar-refractivity contribution < 1.29 is 91.0 Å². The lowest BCUT2D eigenvalue weighted by Crippen LogP contribution is -2.40. The Labute approximate surface area is 688 Å². The van der Waals surface area contributed by atoms with Crippen LogP contribution in [0.25, 0.3) is 0 Å². The van der Waals surface area contributed by atoms with Crippen LogP contribution >= 0.6 is 0 Å². The van der Waals surface area contributed by atoms with Gasteiger partial charge in [-0.05, 0) is 141 Å². The molecule has 0 saturated carbocycles. The van der Waals surface area contributed by atoms with Crippen LogP contribution in [0.2, 0.25) is 0 Å². The van der Waals surface area contributed by atoms with Crippen molar-refractivity contribution in [1.82, 2.24) is 80.0 Å². The number of nitrogens with zero attached hydrogens (tertiary/aromatic N) is 12. The number of hydrogen-bond acceptors (Lipinski definition) is 13. The fraction of sp³-hybridized carbons (Fsp3) is 0.476. The molecule has 16 rings (SSSR count). The van der Waals surface area contributed by atoms with Gasteiger partial charge in [0.1, 0.15) is 0 Å². The maximum absolute atomic E-state index is 13.4. The highest BCUT2D eigenvalue weighted by molar-refractivity contribution is 5.96.